The van der Waals surface area contributed by atoms with Crippen molar-refractivity contribution in [1.82, 2.24) is 9.88 Å². The predicted octanol–water partition coefficient (Wildman–Crippen LogP) is 4.47. The summed E-state index contributed by atoms with van der Waals surface area (Å²) in [6.07, 6.45) is 3.90. The maximum Gasteiger partial charge on any atom is 0.129 e. The maximum absolute atomic E-state index is 6.40. The highest BCUT2D eigenvalue weighted by Gasteiger charge is 2.18. The van der Waals surface area contributed by atoms with Gasteiger partial charge < -0.3 is 5.73 Å². The van der Waals surface area contributed by atoms with Gasteiger partial charge in [0.15, 0.2) is 0 Å². The van der Waals surface area contributed by atoms with Crippen LogP contribution in [-0.4, -0.2) is 23.0 Å². The number of fused-ring (bicyclic) bond motifs is 1. The highest BCUT2D eigenvalue weighted by atomic mass is 15.1. The van der Waals surface area contributed by atoms with E-state index in [9.17, 15) is 0 Å². The Hall–Kier alpha value is -2.39. The van der Waals surface area contributed by atoms with Crippen molar-refractivity contribution in [2.75, 3.05) is 18.8 Å². The van der Waals surface area contributed by atoms with E-state index >= 15 is 0 Å². The van der Waals surface area contributed by atoms with Crippen LogP contribution in [0.4, 0.5) is 5.82 Å². The van der Waals surface area contributed by atoms with Gasteiger partial charge in [-0.2, -0.15) is 0 Å². The average Bonchev–Trinajstić information content (AvgIpc) is 2.64. The Kier molecular flexibility index (Phi) is 4.18. The fourth-order valence-corrected chi connectivity index (χ4v) is 3.71. The molecule has 0 saturated carbocycles. The van der Waals surface area contributed by atoms with Crippen molar-refractivity contribution in [3.63, 3.8) is 0 Å². The van der Waals surface area contributed by atoms with Crippen LogP contribution < -0.4 is 5.73 Å². The number of rotatable bonds is 3. The zero-order valence-corrected chi connectivity index (χ0v) is 13.9. The fraction of sp³-hybridized carbons (Fsp3) is 0.286. The van der Waals surface area contributed by atoms with E-state index in [0.29, 0.717) is 5.82 Å². The Balaban J connectivity index is 1.89. The number of hydrogen-bond acceptors (Lipinski definition) is 3. The summed E-state index contributed by atoms with van der Waals surface area (Å²) in [6.45, 7) is 3.19. The molecular weight excluding hydrogens is 294 g/mol. The molecule has 0 amide bonds. The van der Waals surface area contributed by atoms with E-state index in [0.717, 1.165) is 25.2 Å². The highest BCUT2D eigenvalue weighted by molar-refractivity contribution is 5.98. The Morgan fingerprint density at radius 3 is 2.38 bits per heavy atom. The lowest BCUT2D eigenvalue weighted by molar-refractivity contribution is 0.221. The lowest BCUT2D eigenvalue weighted by Crippen LogP contribution is -2.29. The van der Waals surface area contributed by atoms with Gasteiger partial charge in [-0.3, -0.25) is 4.90 Å². The minimum Gasteiger partial charge on any atom is -0.383 e. The van der Waals surface area contributed by atoms with Crippen LogP contribution in [0.1, 0.15) is 24.8 Å². The molecule has 3 aromatic rings. The second-order valence-electron chi connectivity index (χ2n) is 6.57. The summed E-state index contributed by atoms with van der Waals surface area (Å²) < 4.78 is 0. The average molecular weight is 317 g/mol. The highest BCUT2D eigenvalue weighted by Crippen LogP contribution is 2.35. The van der Waals surface area contributed by atoms with Crippen molar-refractivity contribution in [2.24, 2.45) is 0 Å². The molecule has 1 aliphatic heterocycles. The summed E-state index contributed by atoms with van der Waals surface area (Å²) in [5.41, 5.74) is 11.0. The largest absolute Gasteiger partial charge is 0.383 e. The first-order valence-corrected chi connectivity index (χ1v) is 8.78. The van der Waals surface area contributed by atoms with E-state index in [1.165, 1.54) is 41.3 Å². The van der Waals surface area contributed by atoms with E-state index in [1.54, 1.807) is 0 Å². The number of para-hydroxylation sites is 1. The molecular formula is C21H23N3. The molecule has 0 aliphatic carbocycles. The predicted molar refractivity (Wildman–Crippen MR) is 101 cm³/mol. The van der Waals surface area contributed by atoms with Crippen LogP contribution in [-0.2, 0) is 6.54 Å². The summed E-state index contributed by atoms with van der Waals surface area (Å²) in [5.74, 6) is 0.665. The molecule has 2 aromatic carbocycles. The van der Waals surface area contributed by atoms with Gasteiger partial charge in [0.1, 0.15) is 5.82 Å². The quantitative estimate of drug-likeness (QED) is 0.775. The Morgan fingerprint density at radius 1 is 0.875 bits per heavy atom. The van der Waals surface area contributed by atoms with Crippen LogP contribution >= 0.6 is 0 Å². The Labute approximate surface area is 143 Å². The number of hydrogen-bond donors (Lipinski definition) is 1. The van der Waals surface area contributed by atoms with E-state index in [-0.39, 0.29) is 0 Å². The van der Waals surface area contributed by atoms with Crippen LogP contribution in [0, 0.1) is 0 Å². The third kappa shape index (κ3) is 2.87. The third-order valence-corrected chi connectivity index (χ3v) is 4.92. The molecule has 2 N–H and O–H groups in total. The molecule has 2 heterocycles. The van der Waals surface area contributed by atoms with Crippen molar-refractivity contribution in [3.8, 4) is 11.1 Å². The molecule has 0 bridgehead atoms. The molecule has 0 spiro atoms. The first kappa shape index (κ1) is 15.2. The SMILES string of the molecule is Nc1nc2ccccc2c(-c2ccccc2)c1CN1CCCCC1. The number of nitrogens with zero attached hydrogens (tertiary/aromatic N) is 2. The zero-order valence-electron chi connectivity index (χ0n) is 13.9. The first-order valence-electron chi connectivity index (χ1n) is 8.78. The van der Waals surface area contributed by atoms with Crippen molar-refractivity contribution >= 4 is 16.7 Å². The number of piperidine rings is 1. The van der Waals surface area contributed by atoms with E-state index in [2.05, 4.69) is 52.3 Å². The Morgan fingerprint density at radius 2 is 1.58 bits per heavy atom. The summed E-state index contributed by atoms with van der Waals surface area (Å²) in [4.78, 5) is 7.19. The minimum absolute atomic E-state index is 0.665. The summed E-state index contributed by atoms with van der Waals surface area (Å²) >= 11 is 0. The van der Waals surface area contributed by atoms with Crippen LogP contribution in [0.3, 0.4) is 0 Å². The monoisotopic (exact) mass is 317 g/mol. The number of likely N-dealkylation sites (tertiary alicyclic amines) is 1. The van der Waals surface area contributed by atoms with Crippen molar-refractivity contribution < 1.29 is 0 Å². The van der Waals surface area contributed by atoms with Gasteiger partial charge in [0.2, 0.25) is 0 Å². The summed E-state index contributed by atoms with van der Waals surface area (Å²) in [6, 6.07) is 18.9. The molecule has 1 saturated heterocycles. The molecule has 4 rings (SSSR count). The minimum atomic E-state index is 0.665. The fourth-order valence-electron chi connectivity index (χ4n) is 3.71. The topological polar surface area (TPSA) is 42.1 Å². The van der Waals surface area contributed by atoms with Gasteiger partial charge in [-0.25, -0.2) is 4.98 Å². The van der Waals surface area contributed by atoms with Crippen molar-refractivity contribution in [3.05, 3.63) is 60.2 Å². The zero-order chi connectivity index (χ0) is 16.4. The number of pyridine rings is 1. The second kappa shape index (κ2) is 6.62. The molecule has 122 valence electrons. The first-order chi connectivity index (χ1) is 11.8. The molecule has 1 fully saturated rings. The van der Waals surface area contributed by atoms with Gasteiger partial charge >= 0.3 is 0 Å². The van der Waals surface area contributed by atoms with E-state index in [1.807, 2.05) is 12.1 Å². The lowest BCUT2D eigenvalue weighted by atomic mass is 9.95. The van der Waals surface area contributed by atoms with Gasteiger partial charge in [0.25, 0.3) is 0 Å². The van der Waals surface area contributed by atoms with Gasteiger partial charge in [0.05, 0.1) is 5.52 Å². The number of nitrogen functional groups attached to an aromatic ring is 1. The molecule has 0 atom stereocenters. The third-order valence-electron chi connectivity index (χ3n) is 4.92. The molecule has 1 aliphatic rings. The summed E-state index contributed by atoms with van der Waals surface area (Å²) in [5, 5.41) is 1.19. The molecule has 1 aromatic heterocycles. The van der Waals surface area contributed by atoms with Crippen molar-refractivity contribution in [1.29, 1.82) is 0 Å². The second-order valence-corrected chi connectivity index (χ2v) is 6.57. The van der Waals surface area contributed by atoms with Gasteiger partial charge in [-0.15, -0.1) is 0 Å². The van der Waals surface area contributed by atoms with Crippen LogP contribution in [0.15, 0.2) is 54.6 Å². The number of benzene rings is 2. The maximum atomic E-state index is 6.40. The van der Waals surface area contributed by atoms with Crippen LogP contribution in [0.2, 0.25) is 0 Å². The van der Waals surface area contributed by atoms with Gasteiger partial charge in [-0.1, -0.05) is 55.0 Å². The standard InChI is InChI=1S/C21H23N3/c22-21-18(15-24-13-7-2-8-14-24)20(16-9-3-1-4-10-16)17-11-5-6-12-19(17)23-21/h1,3-6,9-12H,2,7-8,13-15H2,(H2,22,23). The normalized spacial score (nSPS) is 15.7. The Bertz CT molecular complexity index is 836. The lowest BCUT2D eigenvalue weighted by Gasteiger charge is -2.28. The molecule has 0 unspecified atom stereocenters. The van der Waals surface area contributed by atoms with Gasteiger partial charge in [0, 0.05) is 17.5 Å². The molecule has 3 nitrogen and oxygen atoms in total. The van der Waals surface area contributed by atoms with Crippen molar-refractivity contribution in [2.45, 2.75) is 25.8 Å². The smallest absolute Gasteiger partial charge is 0.129 e. The number of anilines is 1. The number of aromatic nitrogens is 1. The van der Waals surface area contributed by atoms with E-state index < -0.39 is 0 Å². The molecule has 24 heavy (non-hydrogen) atoms. The summed E-state index contributed by atoms with van der Waals surface area (Å²) in [7, 11) is 0. The van der Waals surface area contributed by atoms with Crippen LogP contribution in [0.25, 0.3) is 22.0 Å². The molecule has 3 heteroatoms. The number of nitrogens with two attached hydrogens (primary N) is 1. The van der Waals surface area contributed by atoms with E-state index in [4.69, 9.17) is 5.73 Å². The van der Waals surface area contributed by atoms with Crippen LogP contribution in [0.5, 0.6) is 0 Å². The molecule has 0 radical (unpaired) electrons. The van der Waals surface area contributed by atoms with Gasteiger partial charge in [-0.05, 0) is 43.1 Å².